The minimum Gasteiger partial charge on any atom is -0.497 e. The first-order chi connectivity index (χ1) is 17.1. The average molecular weight is 460 g/mol. The molecule has 0 fully saturated rings. The number of nitro groups is 1. The lowest BCUT2D eigenvalue weighted by Crippen LogP contribution is -1.86. The van der Waals surface area contributed by atoms with Crippen molar-refractivity contribution < 1.29 is 9.66 Å². The smallest absolute Gasteiger partial charge is 0.269 e. The minimum absolute atomic E-state index is 0.0953. The molecule has 0 spiro atoms. The highest BCUT2D eigenvalue weighted by molar-refractivity contribution is 5.74. The first kappa shape index (κ1) is 23.5. The molecule has 0 unspecified atom stereocenters. The van der Waals surface area contributed by atoms with Crippen LogP contribution in [0.1, 0.15) is 33.4 Å². The number of non-ortho nitro benzene ring substituents is 1. The fraction of sp³-hybridized carbons (Fsp3) is 0.0323. The van der Waals surface area contributed by atoms with Crippen molar-refractivity contribution in [3.05, 3.63) is 141 Å². The van der Waals surface area contributed by atoms with Crippen molar-refractivity contribution in [2.45, 2.75) is 0 Å². The van der Waals surface area contributed by atoms with Gasteiger partial charge in [0.1, 0.15) is 5.75 Å². The molecule has 0 saturated carbocycles. The summed E-state index contributed by atoms with van der Waals surface area (Å²) >= 11 is 0. The summed E-state index contributed by atoms with van der Waals surface area (Å²) in [7, 11) is 1.67. The summed E-state index contributed by atoms with van der Waals surface area (Å²) in [5, 5.41) is 10.8. The molecule has 0 atom stereocenters. The Balaban J connectivity index is 1.33. The van der Waals surface area contributed by atoms with Gasteiger partial charge in [-0.25, -0.2) is 0 Å². The zero-order valence-electron chi connectivity index (χ0n) is 19.4. The number of rotatable bonds is 8. The Morgan fingerprint density at radius 3 is 1.03 bits per heavy atom. The van der Waals surface area contributed by atoms with Gasteiger partial charge in [-0.3, -0.25) is 10.1 Å². The Bertz CT molecular complexity index is 1350. The van der Waals surface area contributed by atoms with Crippen molar-refractivity contribution in [1.82, 2.24) is 0 Å². The Morgan fingerprint density at radius 1 is 0.514 bits per heavy atom. The highest BCUT2D eigenvalue weighted by Crippen LogP contribution is 2.17. The molecule has 0 radical (unpaired) electrons. The van der Waals surface area contributed by atoms with E-state index in [0.717, 1.165) is 39.1 Å². The van der Waals surface area contributed by atoms with E-state index in [4.69, 9.17) is 4.74 Å². The maximum Gasteiger partial charge on any atom is 0.269 e. The average Bonchev–Trinajstić information content (AvgIpc) is 2.91. The number of nitrogens with zero attached hydrogens (tertiary/aromatic N) is 1. The summed E-state index contributed by atoms with van der Waals surface area (Å²) in [6, 6.07) is 31.1. The third kappa shape index (κ3) is 6.89. The predicted molar refractivity (Wildman–Crippen MR) is 146 cm³/mol. The molecule has 0 aliphatic heterocycles. The predicted octanol–water partition coefficient (Wildman–Crippen LogP) is 8.11. The fourth-order valence-corrected chi connectivity index (χ4v) is 3.44. The minimum atomic E-state index is -0.394. The Hall–Kier alpha value is -4.70. The SMILES string of the molecule is COc1ccc(/C=C/c2ccc(/C=C/c3ccc(/C=C/c4ccc([N+](=O)[O-])cc4)cc3)cc2)cc1. The molecule has 4 nitrogen and oxygen atoms in total. The lowest BCUT2D eigenvalue weighted by molar-refractivity contribution is -0.384. The van der Waals surface area contributed by atoms with E-state index in [1.165, 1.54) is 12.1 Å². The van der Waals surface area contributed by atoms with Gasteiger partial charge in [0.05, 0.1) is 12.0 Å². The summed E-state index contributed by atoms with van der Waals surface area (Å²) in [5.74, 6) is 0.853. The van der Waals surface area contributed by atoms with Gasteiger partial charge >= 0.3 is 0 Å². The second kappa shape index (κ2) is 11.4. The largest absolute Gasteiger partial charge is 0.497 e. The van der Waals surface area contributed by atoms with Crippen LogP contribution in [0.2, 0.25) is 0 Å². The summed E-state index contributed by atoms with van der Waals surface area (Å²) in [6.45, 7) is 0. The van der Waals surface area contributed by atoms with Crippen LogP contribution in [0.15, 0.2) is 97.1 Å². The molecule has 0 bridgehead atoms. The Kier molecular flexibility index (Phi) is 7.66. The quantitative estimate of drug-likeness (QED) is 0.152. The van der Waals surface area contributed by atoms with Crippen molar-refractivity contribution >= 4 is 42.1 Å². The monoisotopic (exact) mass is 459 g/mol. The van der Waals surface area contributed by atoms with Gasteiger partial charge in [-0.15, -0.1) is 0 Å². The molecule has 0 amide bonds. The van der Waals surface area contributed by atoms with Crippen LogP contribution in [-0.4, -0.2) is 12.0 Å². The standard InChI is InChI=1S/C31H25NO3/c1-35-31-22-18-29(19-23-31)15-13-27-10-6-25(7-11-27)3-2-24-4-8-26(9-5-24)12-14-28-16-20-30(21-17-28)32(33)34/h2-23H,1H3/b3-2+,14-12+,15-13+. The van der Waals surface area contributed by atoms with Crippen molar-refractivity contribution in [3.8, 4) is 5.75 Å². The first-order valence-corrected chi connectivity index (χ1v) is 11.2. The molecule has 0 saturated heterocycles. The number of methoxy groups -OCH3 is 1. The maximum absolute atomic E-state index is 10.8. The van der Waals surface area contributed by atoms with Gasteiger partial charge in [-0.2, -0.15) is 0 Å². The van der Waals surface area contributed by atoms with Crippen LogP contribution in [0.5, 0.6) is 5.75 Å². The lowest BCUT2D eigenvalue weighted by atomic mass is 10.1. The number of benzene rings is 4. The van der Waals surface area contributed by atoms with Crippen LogP contribution in [0.3, 0.4) is 0 Å². The molecule has 0 aromatic heterocycles. The zero-order valence-corrected chi connectivity index (χ0v) is 19.4. The first-order valence-electron chi connectivity index (χ1n) is 11.2. The number of ether oxygens (including phenoxy) is 1. The fourth-order valence-electron chi connectivity index (χ4n) is 3.44. The normalized spacial score (nSPS) is 11.5. The summed E-state index contributed by atoms with van der Waals surface area (Å²) in [5.41, 5.74) is 6.59. The van der Waals surface area contributed by atoms with Gasteiger partial charge in [0.2, 0.25) is 0 Å². The molecule has 0 aliphatic rings. The maximum atomic E-state index is 10.8. The van der Waals surface area contributed by atoms with Gasteiger partial charge in [-0.05, 0) is 57.6 Å². The van der Waals surface area contributed by atoms with Crippen molar-refractivity contribution in [2.24, 2.45) is 0 Å². The van der Waals surface area contributed by atoms with Gasteiger partial charge < -0.3 is 4.74 Å². The number of hydrogen-bond acceptors (Lipinski definition) is 3. The van der Waals surface area contributed by atoms with E-state index in [1.54, 1.807) is 19.2 Å². The molecule has 0 heterocycles. The van der Waals surface area contributed by atoms with Crippen molar-refractivity contribution in [1.29, 1.82) is 0 Å². The van der Waals surface area contributed by atoms with E-state index >= 15 is 0 Å². The van der Waals surface area contributed by atoms with Gasteiger partial charge in [-0.1, -0.05) is 97.1 Å². The van der Waals surface area contributed by atoms with Crippen molar-refractivity contribution in [3.63, 3.8) is 0 Å². The molecule has 0 aliphatic carbocycles. The van der Waals surface area contributed by atoms with Crippen LogP contribution in [0.25, 0.3) is 36.5 Å². The third-order valence-corrected chi connectivity index (χ3v) is 5.50. The topological polar surface area (TPSA) is 52.4 Å². The van der Waals surface area contributed by atoms with Gasteiger partial charge in [0.15, 0.2) is 0 Å². The van der Waals surface area contributed by atoms with Gasteiger partial charge in [0.25, 0.3) is 5.69 Å². The Morgan fingerprint density at radius 2 is 0.771 bits per heavy atom. The van der Waals surface area contributed by atoms with E-state index in [-0.39, 0.29) is 5.69 Å². The van der Waals surface area contributed by atoms with Crippen LogP contribution < -0.4 is 4.74 Å². The van der Waals surface area contributed by atoms with E-state index < -0.39 is 4.92 Å². The second-order valence-corrected chi connectivity index (χ2v) is 7.96. The molecule has 4 aromatic carbocycles. The molecule has 0 N–H and O–H groups in total. The summed E-state index contributed by atoms with van der Waals surface area (Å²) < 4.78 is 5.19. The molecule has 4 aromatic rings. The lowest BCUT2D eigenvalue weighted by Gasteiger charge is -2.00. The summed E-state index contributed by atoms with van der Waals surface area (Å²) in [4.78, 5) is 10.4. The number of nitro benzene ring substituents is 1. The molecular weight excluding hydrogens is 434 g/mol. The zero-order chi connectivity index (χ0) is 24.5. The molecule has 4 rings (SSSR count). The molecular formula is C31H25NO3. The second-order valence-electron chi connectivity index (χ2n) is 7.96. The highest BCUT2D eigenvalue weighted by atomic mass is 16.6. The van der Waals surface area contributed by atoms with Crippen LogP contribution in [0, 0.1) is 10.1 Å². The van der Waals surface area contributed by atoms with E-state index in [0.29, 0.717) is 0 Å². The van der Waals surface area contributed by atoms with Gasteiger partial charge in [0, 0.05) is 12.1 Å². The molecule has 172 valence electrons. The van der Waals surface area contributed by atoms with Crippen molar-refractivity contribution in [2.75, 3.05) is 7.11 Å². The van der Waals surface area contributed by atoms with Crippen LogP contribution >= 0.6 is 0 Å². The molecule has 35 heavy (non-hydrogen) atoms. The van der Waals surface area contributed by atoms with E-state index in [9.17, 15) is 10.1 Å². The summed E-state index contributed by atoms with van der Waals surface area (Å²) in [6.07, 6.45) is 12.3. The van der Waals surface area contributed by atoms with Crippen LogP contribution in [0.4, 0.5) is 5.69 Å². The van der Waals surface area contributed by atoms with E-state index in [2.05, 4.69) is 72.8 Å². The highest BCUT2D eigenvalue weighted by Gasteiger charge is 2.02. The molecule has 4 heteroatoms. The Labute approximate surface area is 205 Å². The van der Waals surface area contributed by atoms with Crippen LogP contribution in [-0.2, 0) is 0 Å². The number of hydrogen-bond donors (Lipinski definition) is 0. The van der Waals surface area contributed by atoms with E-state index in [1.807, 2.05) is 36.4 Å². The third-order valence-electron chi connectivity index (χ3n) is 5.50.